The van der Waals surface area contributed by atoms with Gasteiger partial charge in [-0.2, -0.15) is 0 Å². The van der Waals surface area contributed by atoms with Gasteiger partial charge in [-0.05, 0) is 30.5 Å². The summed E-state index contributed by atoms with van der Waals surface area (Å²) in [7, 11) is 0. The minimum atomic E-state index is 0.186. The third-order valence-corrected chi connectivity index (χ3v) is 2.68. The second-order valence-corrected chi connectivity index (χ2v) is 3.77. The molecular weight excluding hydrogens is 176 g/mol. The first-order valence-electron chi connectivity index (χ1n) is 5.12. The van der Waals surface area contributed by atoms with Crippen molar-refractivity contribution in [3.05, 3.63) is 30.1 Å². The van der Waals surface area contributed by atoms with E-state index in [1.165, 1.54) is 5.56 Å². The third kappa shape index (κ3) is 2.30. The SMILES string of the molecule is NC1CCCOC1Cc1ccncc1. The lowest BCUT2D eigenvalue weighted by Gasteiger charge is -2.28. The maximum atomic E-state index is 5.99. The van der Waals surface area contributed by atoms with Crippen molar-refractivity contribution in [2.24, 2.45) is 5.73 Å². The molecule has 1 aromatic heterocycles. The Morgan fingerprint density at radius 2 is 2.21 bits per heavy atom. The molecule has 3 nitrogen and oxygen atoms in total. The highest BCUT2D eigenvalue weighted by Crippen LogP contribution is 2.16. The van der Waals surface area contributed by atoms with Crippen molar-refractivity contribution in [2.45, 2.75) is 31.4 Å². The van der Waals surface area contributed by atoms with E-state index in [0.717, 1.165) is 25.9 Å². The van der Waals surface area contributed by atoms with Crippen LogP contribution in [0.2, 0.25) is 0 Å². The highest BCUT2D eigenvalue weighted by atomic mass is 16.5. The second-order valence-electron chi connectivity index (χ2n) is 3.77. The minimum absolute atomic E-state index is 0.186. The van der Waals surface area contributed by atoms with Crippen LogP contribution in [0, 0.1) is 0 Å². The zero-order valence-electron chi connectivity index (χ0n) is 8.23. The van der Waals surface area contributed by atoms with Gasteiger partial charge in [-0.15, -0.1) is 0 Å². The molecule has 0 aliphatic carbocycles. The number of hydrogen-bond acceptors (Lipinski definition) is 3. The molecule has 0 radical (unpaired) electrons. The predicted molar refractivity (Wildman–Crippen MR) is 54.9 cm³/mol. The standard InChI is InChI=1S/C11H16N2O/c12-10-2-1-7-14-11(10)8-9-3-5-13-6-4-9/h3-6,10-11H,1-2,7-8,12H2. The van der Waals surface area contributed by atoms with Crippen LogP contribution >= 0.6 is 0 Å². The van der Waals surface area contributed by atoms with Gasteiger partial charge in [0, 0.05) is 31.5 Å². The van der Waals surface area contributed by atoms with E-state index >= 15 is 0 Å². The Labute approximate surface area is 84.3 Å². The van der Waals surface area contributed by atoms with Crippen LogP contribution in [-0.4, -0.2) is 23.7 Å². The van der Waals surface area contributed by atoms with Crippen molar-refractivity contribution in [2.75, 3.05) is 6.61 Å². The summed E-state index contributed by atoms with van der Waals surface area (Å²) in [6, 6.07) is 4.23. The predicted octanol–water partition coefficient (Wildman–Crippen LogP) is 1.13. The smallest absolute Gasteiger partial charge is 0.0766 e. The molecule has 2 heterocycles. The molecule has 0 aromatic carbocycles. The first-order chi connectivity index (χ1) is 6.86. The number of aromatic nitrogens is 1. The molecule has 2 atom stereocenters. The molecule has 1 fully saturated rings. The van der Waals surface area contributed by atoms with Crippen LogP contribution in [0.4, 0.5) is 0 Å². The van der Waals surface area contributed by atoms with Crippen molar-refractivity contribution in [3.8, 4) is 0 Å². The summed E-state index contributed by atoms with van der Waals surface area (Å²) < 4.78 is 5.65. The zero-order valence-corrected chi connectivity index (χ0v) is 8.23. The maximum absolute atomic E-state index is 5.99. The van der Waals surface area contributed by atoms with Crippen molar-refractivity contribution >= 4 is 0 Å². The van der Waals surface area contributed by atoms with Crippen LogP contribution in [0.1, 0.15) is 18.4 Å². The first kappa shape index (κ1) is 9.62. The fraction of sp³-hybridized carbons (Fsp3) is 0.545. The first-order valence-corrected chi connectivity index (χ1v) is 5.12. The Balaban J connectivity index is 1.96. The topological polar surface area (TPSA) is 48.1 Å². The Bertz CT molecular complexity index is 276. The van der Waals surface area contributed by atoms with Crippen molar-refractivity contribution in [1.82, 2.24) is 4.98 Å². The number of nitrogens with two attached hydrogens (primary N) is 1. The van der Waals surface area contributed by atoms with Gasteiger partial charge in [0.2, 0.25) is 0 Å². The third-order valence-electron chi connectivity index (χ3n) is 2.68. The average molecular weight is 192 g/mol. The Morgan fingerprint density at radius 3 is 2.93 bits per heavy atom. The maximum Gasteiger partial charge on any atom is 0.0766 e. The van der Waals surface area contributed by atoms with Crippen LogP contribution in [0.25, 0.3) is 0 Å². The van der Waals surface area contributed by atoms with Gasteiger partial charge in [-0.1, -0.05) is 0 Å². The highest BCUT2D eigenvalue weighted by Gasteiger charge is 2.22. The summed E-state index contributed by atoms with van der Waals surface area (Å²) in [6.07, 6.45) is 6.88. The molecule has 0 spiro atoms. The Hall–Kier alpha value is -0.930. The molecule has 3 heteroatoms. The van der Waals surface area contributed by atoms with E-state index in [0.29, 0.717) is 0 Å². The monoisotopic (exact) mass is 192 g/mol. The van der Waals surface area contributed by atoms with Crippen molar-refractivity contribution < 1.29 is 4.74 Å². The molecule has 76 valence electrons. The molecule has 2 rings (SSSR count). The summed E-state index contributed by atoms with van der Waals surface area (Å²) in [5.74, 6) is 0. The number of hydrogen-bond donors (Lipinski definition) is 1. The van der Waals surface area contributed by atoms with E-state index < -0.39 is 0 Å². The van der Waals surface area contributed by atoms with Gasteiger partial charge in [-0.3, -0.25) is 4.98 Å². The van der Waals surface area contributed by atoms with Gasteiger partial charge in [-0.25, -0.2) is 0 Å². The van der Waals surface area contributed by atoms with Gasteiger partial charge in [0.15, 0.2) is 0 Å². The van der Waals surface area contributed by atoms with Crippen LogP contribution in [-0.2, 0) is 11.2 Å². The fourth-order valence-corrected chi connectivity index (χ4v) is 1.82. The van der Waals surface area contributed by atoms with Crippen LogP contribution in [0.15, 0.2) is 24.5 Å². The summed E-state index contributed by atoms with van der Waals surface area (Å²) >= 11 is 0. The molecule has 1 aliphatic heterocycles. The molecule has 14 heavy (non-hydrogen) atoms. The van der Waals surface area contributed by atoms with Crippen LogP contribution in [0.5, 0.6) is 0 Å². The molecule has 1 aliphatic rings. The van der Waals surface area contributed by atoms with E-state index in [9.17, 15) is 0 Å². The van der Waals surface area contributed by atoms with Crippen molar-refractivity contribution in [1.29, 1.82) is 0 Å². The lowest BCUT2D eigenvalue weighted by molar-refractivity contribution is 0.00229. The lowest BCUT2D eigenvalue weighted by Crippen LogP contribution is -2.41. The summed E-state index contributed by atoms with van der Waals surface area (Å²) in [4.78, 5) is 3.99. The molecule has 1 aromatic rings. The quantitative estimate of drug-likeness (QED) is 0.764. The van der Waals surface area contributed by atoms with Crippen LogP contribution < -0.4 is 5.73 Å². The van der Waals surface area contributed by atoms with Gasteiger partial charge >= 0.3 is 0 Å². The summed E-state index contributed by atoms with van der Waals surface area (Å²) in [5, 5.41) is 0. The highest BCUT2D eigenvalue weighted by molar-refractivity contribution is 5.11. The van der Waals surface area contributed by atoms with Gasteiger partial charge in [0.1, 0.15) is 0 Å². The lowest BCUT2D eigenvalue weighted by atomic mass is 9.98. The van der Waals surface area contributed by atoms with Gasteiger partial charge < -0.3 is 10.5 Å². The number of nitrogens with zero attached hydrogens (tertiary/aromatic N) is 1. The van der Waals surface area contributed by atoms with E-state index in [1.807, 2.05) is 24.5 Å². The van der Waals surface area contributed by atoms with Gasteiger partial charge in [0.05, 0.1) is 6.10 Å². The normalized spacial score (nSPS) is 27.5. The van der Waals surface area contributed by atoms with E-state index in [-0.39, 0.29) is 12.1 Å². The summed E-state index contributed by atoms with van der Waals surface area (Å²) in [5.41, 5.74) is 7.24. The largest absolute Gasteiger partial charge is 0.376 e. The fourth-order valence-electron chi connectivity index (χ4n) is 1.82. The van der Waals surface area contributed by atoms with Gasteiger partial charge in [0.25, 0.3) is 0 Å². The van der Waals surface area contributed by atoms with Crippen LogP contribution in [0.3, 0.4) is 0 Å². The average Bonchev–Trinajstić information content (AvgIpc) is 2.23. The number of rotatable bonds is 2. The van der Waals surface area contributed by atoms with E-state index in [4.69, 9.17) is 10.5 Å². The molecule has 2 unspecified atom stereocenters. The number of ether oxygens (including phenoxy) is 1. The molecule has 2 N–H and O–H groups in total. The number of pyridine rings is 1. The minimum Gasteiger partial charge on any atom is -0.376 e. The molecule has 0 amide bonds. The Morgan fingerprint density at radius 1 is 1.43 bits per heavy atom. The van der Waals surface area contributed by atoms with E-state index in [1.54, 1.807) is 0 Å². The summed E-state index contributed by atoms with van der Waals surface area (Å²) in [6.45, 7) is 0.851. The second kappa shape index (κ2) is 4.53. The van der Waals surface area contributed by atoms with Crippen molar-refractivity contribution in [3.63, 3.8) is 0 Å². The zero-order chi connectivity index (χ0) is 9.80. The Kier molecular flexibility index (Phi) is 3.11. The molecule has 0 saturated carbocycles. The van der Waals surface area contributed by atoms with E-state index in [2.05, 4.69) is 4.98 Å². The molecular formula is C11H16N2O. The molecule has 1 saturated heterocycles. The molecule has 0 bridgehead atoms.